The number of carbonyl (C=O) groups is 3. The number of rotatable bonds is 2. The second kappa shape index (κ2) is 9.74. The maximum Gasteiger partial charge on any atom is 0.490 e. The molecule has 2 aromatic heterocycles. The fourth-order valence-corrected chi connectivity index (χ4v) is 3.85. The third-order valence-corrected chi connectivity index (χ3v) is 5.57. The summed E-state index contributed by atoms with van der Waals surface area (Å²) in [7, 11) is 0. The van der Waals surface area contributed by atoms with E-state index in [9.17, 15) is 22.8 Å². The van der Waals surface area contributed by atoms with Crippen molar-refractivity contribution in [3.8, 4) is 11.3 Å². The summed E-state index contributed by atoms with van der Waals surface area (Å²) in [5, 5.41) is 10.9. The number of hydrogen-bond acceptors (Lipinski definition) is 5. The van der Waals surface area contributed by atoms with Crippen LogP contribution in [0.3, 0.4) is 0 Å². The first-order chi connectivity index (χ1) is 16.6. The van der Waals surface area contributed by atoms with E-state index >= 15 is 0 Å². The largest absolute Gasteiger partial charge is 0.490 e. The lowest BCUT2D eigenvalue weighted by molar-refractivity contribution is -0.192. The van der Waals surface area contributed by atoms with Crippen molar-refractivity contribution < 1.29 is 37.4 Å². The number of fused-ring (bicyclic) bond motifs is 2. The number of morpholine rings is 1. The average Bonchev–Trinajstić information content (AvgIpc) is 3.29. The molecule has 1 saturated heterocycles. The van der Waals surface area contributed by atoms with E-state index in [1.807, 2.05) is 30.3 Å². The summed E-state index contributed by atoms with van der Waals surface area (Å²) in [6.45, 7) is 2.91. The summed E-state index contributed by atoms with van der Waals surface area (Å²) in [6, 6.07) is 11.5. The Morgan fingerprint density at radius 1 is 1.09 bits per heavy atom. The van der Waals surface area contributed by atoms with Crippen LogP contribution in [0.25, 0.3) is 22.2 Å². The third-order valence-electron chi connectivity index (χ3n) is 5.57. The number of alkyl halides is 3. The molecule has 2 aliphatic heterocycles. The highest BCUT2D eigenvalue weighted by Crippen LogP contribution is 2.30. The van der Waals surface area contributed by atoms with Crippen molar-refractivity contribution in [3.63, 3.8) is 0 Å². The number of aliphatic carboxylic acids is 1. The van der Waals surface area contributed by atoms with Gasteiger partial charge < -0.3 is 25.0 Å². The minimum atomic E-state index is -5.08. The van der Waals surface area contributed by atoms with Crippen LogP contribution in [0.15, 0.2) is 36.4 Å². The summed E-state index contributed by atoms with van der Waals surface area (Å²) in [6.07, 6.45) is -4.31. The number of halogens is 3. The Hall–Kier alpha value is -3.93. The Kier molecular flexibility index (Phi) is 6.74. The summed E-state index contributed by atoms with van der Waals surface area (Å²) in [4.78, 5) is 43.7. The lowest BCUT2D eigenvalue weighted by Gasteiger charge is -2.26. The SMILES string of the molecule is O=C(O)C(F)(F)F.O=C1NCCc2[nH]c(-c3cccc4ccc(C(=O)N5CCOCC5)nc34)cc21. The zero-order chi connectivity index (χ0) is 25.2. The minimum absolute atomic E-state index is 0.0554. The topological polar surface area (TPSA) is 125 Å². The van der Waals surface area contributed by atoms with Crippen LogP contribution >= 0.6 is 0 Å². The molecule has 184 valence electrons. The molecule has 2 aliphatic rings. The number of pyridine rings is 1. The molecule has 2 amide bonds. The summed E-state index contributed by atoms with van der Waals surface area (Å²) in [5.74, 6) is -2.89. The molecular formula is C23H21F3N4O5. The number of hydrogen-bond donors (Lipinski definition) is 3. The molecule has 35 heavy (non-hydrogen) atoms. The smallest absolute Gasteiger partial charge is 0.475 e. The number of carboxylic acid groups (broad SMARTS) is 1. The van der Waals surface area contributed by atoms with Crippen LogP contribution in [-0.2, 0) is 16.0 Å². The number of amides is 2. The highest BCUT2D eigenvalue weighted by molar-refractivity contribution is 6.01. The predicted molar refractivity (Wildman–Crippen MR) is 118 cm³/mol. The molecule has 3 aromatic rings. The van der Waals surface area contributed by atoms with Gasteiger partial charge in [0.1, 0.15) is 5.69 Å². The fraction of sp³-hybridized carbons (Fsp3) is 0.304. The fourth-order valence-electron chi connectivity index (χ4n) is 3.85. The molecule has 1 aromatic carbocycles. The molecule has 0 aliphatic carbocycles. The van der Waals surface area contributed by atoms with E-state index in [1.165, 1.54) is 0 Å². The number of para-hydroxylation sites is 1. The van der Waals surface area contributed by atoms with Gasteiger partial charge in [0.2, 0.25) is 0 Å². The Bertz CT molecular complexity index is 1280. The van der Waals surface area contributed by atoms with Gasteiger partial charge in [0.15, 0.2) is 0 Å². The van der Waals surface area contributed by atoms with Crippen molar-refractivity contribution in [3.05, 3.63) is 53.3 Å². The van der Waals surface area contributed by atoms with Crippen LogP contribution in [0, 0.1) is 0 Å². The van der Waals surface area contributed by atoms with Gasteiger partial charge in [0, 0.05) is 48.4 Å². The van der Waals surface area contributed by atoms with Crippen molar-refractivity contribution in [2.45, 2.75) is 12.6 Å². The van der Waals surface area contributed by atoms with Crippen molar-refractivity contribution in [1.29, 1.82) is 0 Å². The number of benzene rings is 1. The van der Waals surface area contributed by atoms with E-state index in [-0.39, 0.29) is 11.8 Å². The Morgan fingerprint density at radius 2 is 1.80 bits per heavy atom. The van der Waals surface area contributed by atoms with Crippen LogP contribution in [0.2, 0.25) is 0 Å². The van der Waals surface area contributed by atoms with Crippen LogP contribution in [0.1, 0.15) is 26.5 Å². The normalized spacial score (nSPS) is 15.6. The van der Waals surface area contributed by atoms with Gasteiger partial charge in [0.25, 0.3) is 11.8 Å². The van der Waals surface area contributed by atoms with Gasteiger partial charge >= 0.3 is 12.1 Å². The zero-order valence-corrected chi connectivity index (χ0v) is 18.3. The van der Waals surface area contributed by atoms with Gasteiger partial charge in [-0.15, -0.1) is 0 Å². The number of carboxylic acids is 1. The number of H-pyrrole nitrogens is 1. The van der Waals surface area contributed by atoms with Gasteiger partial charge in [-0.1, -0.05) is 24.3 Å². The van der Waals surface area contributed by atoms with Crippen molar-refractivity contribution in [2.75, 3.05) is 32.8 Å². The molecular weight excluding hydrogens is 469 g/mol. The molecule has 0 atom stereocenters. The van der Waals surface area contributed by atoms with Crippen LogP contribution in [0.4, 0.5) is 13.2 Å². The minimum Gasteiger partial charge on any atom is -0.475 e. The van der Waals surface area contributed by atoms with Gasteiger partial charge in [-0.05, 0) is 12.1 Å². The number of ether oxygens (including phenoxy) is 1. The van der Waals surface area contributed by atoms with Crippen LogP contribution < -0.4 is 5.32 Å². The van der Waals surface area contributed by atoms with E-state index in [4.69, 9.17) is 19.6 Å². The monoisotopic (exact) mass is 490 g/mol. The first-order valence-electron chi connectivity index (χ1n) is 10.7. The quantitative estimate of drug-likeness (QED) is 0.507. The molecule has 3 N–H and O–H groups in total. The molecule has 12 heteroatoms. The summed E-state index contributed by atoms with van der Waals surface area (Å²) < 4.78 is 37.1. The highest BCUT2D eigenvalue weighted by atomic mass is 19.4. The lowest BCUT2D eigenvalue weighted by atomic mass is 10.1. The van der Waals surface area contributed by atoms with Crippen LogP contribution in [-0.4, -0.2) is 76.8 Å². The lowest BCUT2D eigenvalue weighted by Crippen LogP contribution is -2.41. The number of aromatic nitrogens is 2. The number of nitrogens with zero attached hydrogens (tertiary/aromatic N) is 2. The molecule has 1 fully saturated rings. The molecule has 0 saturated carbocycles. The maximum absolute atomic E-state index is 12.8. The van der Waals surface area contributed by atoms with E-state index in [0.717, 1.165) is 34.3 Å². The molecule has 0 unspecified atom stereocenters. The van der Waals surface area contributed by atoms with Gasteiger partial charge in [0.05, 0.1) is 24.3 Å². The second-order valence-corrected chi connectivity index (χ2v) is 7.86. The molecule has 0 spiro atoms. The Morgan fingerprint density at radius 3 is 2.46 bits per heavy atom. The third kappa shape index (κ3) is 5.27. The Balaban J connectivity index is 0.000000364. The zero-order valence-electron chi connectivity index (χ0n) is 18.3. The first kappa shape index (κ1) is 24.2. The van der Waals surface area contributed by atoms with Gasteiger partial charge in [-0.25, -0.2) is 9.78 Å². The van der Waals surface area contributed by atoms with E-state index < -0.39 is 12.1 Å². The summed E-state index contributed by atoms with van der Waals surface area (Å²) >= 11 is 0. The number of nitrogens with one attached hydrogen (secondary N) is 2. The molecule has 0 radical (unpaired) electrons. The number of aromatic amines is 1. The second-order valence-electron chi connectivity index (χ2n) is 7.86. The predicted octanol–water partition coefficient (Wildman–Crippen LogP) is 2.62. The van der Waals surface area contributed by atoms with Crippen LogP contribution in [0.5, 0.6) is 0 Å². The summed E-state index contributed by atoms with van der Waals surface area (Å²) in [5.41, 5.74) is 4.53. The van der Waals surface area contributed by atoms with E-state index in [2.05, 4.69) is 10.3 Å². The van der Waals surface area contributed by atoms with E-state index in [0.29, 0.717) is 44.1 Å². The average molecular weight is 490 g/mol. The highest BCUT2D eigenvalue weighted by Gasteiger charge is 2.38. The van der Waals surface area contributed by atoms with Gasteiger partial charge in [-0.2, -0.15) is 13.2 Å². The standard InChI is InChI=1S/C21H20N4O3.C2HF3O2/c26-20-15-12-18(23-16(15)6-7-22-20)14-3-1-2-13-4-5-17(24-19(13)14)21(27)25-8-10-28-11-9-25;3-2(4,5)1(6)7/h1-5,12,23H,6-11H2,(H,22,26);(H,6,7). The van der Waals surface area contributed by atoms with Gasteiger partial charge in [-0.3, -0.25) is 9.59 Å². The van der Waals surface area contributed by atoms with Crippen molar-refractivity contribution >= 4 is 28.7 Å². The van der Waals surface area contributed by atoms with E-state index in [1.54, 1.807) is 11.0 Å². The molecule has 0 bridgehead atoms. The van der Waals surface area contributed by atoms with Crippen molar-refractivity contribution in [1.82, 2.24) is 20.2 Å². The molecule has 9 nitrogen and oxygen atoms in total. The number of carbonyl (C=O) groups excluding carboxylic acids is 2. The molecule has 4 heterocycles. The molecule has 5 rings (SSSR count). The maximum atomic E-state index is 12.8. The van der Waals surface area contributed by atoms with Crippen molar-refractivity contribution in [2.24, 2.45) is 0 Å². The Labute approximate surface area is 196 Å². The first-order valence-corrected chi connectivity index (χ1v) is 10.7.